The minimum atomic E-state index is -0.521. The topological polar surface area (TPSA) is 125 Å². The molecule has 0 unspecified atom stereocenters. The largest absolute Gasteiger partial charge is 0.443 e. The van der Waals surface area contributed by atoms with Gasteiger partial charge in [-0.1, -0.05) is 59.6 Å². The van der Waals surface area contributed by atoms with Crippen LogP contribution in [-0.4, -0.2) is 61.3 Å². The van der Waals surface area contributed by atoms with Gasteiger partial charge in [0.15, 0.2) is 0 Å². The first-order chi connectivity index (χ1) is 28.3. The second-order valence-electron chi connectivity index (χ2n) is 14.8. The van der Waals surface area contributed by atoms with E-state index in [0.29, 0.717) is 35.7 Å². The van der Waals surface area contributed by atoms with E-state index < -0.39 is 4.92 Å². The zero-order valence-corrected chi connectivity index (χ0v) is 33.0. The molecule has 294 valence electrons. The molecule has 5 aromatic rings. The fraction of sp³-hybridized carbons (Fsp3) is 0.250. The SMILES string of the molecule is O=[N+]([O-])c1cn2c(n1)OC[C@@H](OCc1ccc(CN3CCC(CN=c4cc5n(-c6ccc(Cl)cc6)c6ccccc6nc-5cc4Nc4ccc(Cl)cc4)CC3)cc1)C2. The lowest BCUT2D eigenvalue weighted by molar-refractivity contribution is -0.389. The van der Waals surface area contributed by atoms with Crippen LogP contribution >= 0.6 is 23.2 Å². The highest BCUT2D eigenvalue weighted by Gasteiger charge is 2.28. The minimum Gasteiger partial charge on any atom is -0.443 e. The summed E-state index contributed by atoms with van der Waals surface area (Å²) < 4.78 is 15.5. The monoisotopic (exact) mass is 814 g/mol. The summed E-state index contributed by atoms with van der Waals surface area (Å²) in [6.45, 7) is 4.80. The lowest BCUT2D eigenvalue weighted by Crippen LogP contribution is -2.34. The van der Waals surface area contributed by atoms with E-state index in [-0.39, 0.29) is 17.9 Å². The van der Waals surface area contributed by atoms with Crippen LogP contribution in [0.5, 0.6) is 6.01 Å². The number of likely N-dealkylation sites (tertiary alicyclic amines) is 1. The Labute approximate surface area is 344 Å². The number of imidazole rings is 1. The Morgan fingerprint density at radius 1 is 0.897 bits per heavy atom. The van der Waals surface area contributed by atoms with E-state index >= 15 is 0 Å². The van der Waals surface area contributed by atoms with E-state index in [9.17, 15) is 10.1 Å². The maximum absolute atomic E-state index is 11.1. The number of nitrogens with one attached hydrogen (secondary N) is 1. The third-order valence-corrected chi connectivity index (χ3v) is 11.3. The van der Waals surface area contributed by atoms with E-state index in [1.165, 1.54) is 11.8 Å². The molecule has 0 amide bonds. The number of fused-ring (bicyclic) bond motifs is 3. The Kier molecular flexibility index (Phi) is 10.8. The molecule has 1 aliphatic carbocycles. The zero-order chi connectivity index (χ0) is 39.6. The fourth-order valence-electron chi connectivity index (χ4n) is 7.66. The van der Waals surface area contributed by atoms with E-state index in [0.717, 1.165) is 89.4 Å². The van der Waals surface area contributed by atoms with Crippen LogP contribution in [0.2, 0.25) is 10.0 Å². The predicted octanol–water partition coefficient (Wildman–Crippen LogP) is 9.08. The maximum atomic E-state index is 11.1. The van der Waals surface area contributed by atoms with Gasteiger partial charge in [-0.05, 0) is 121 Å². The first-order valence-corrected chi connectivity index (χ1v) is 20.1. The van der Waals surface area contributed by atoms with Crippen LogP contribution in [-0.2, 0) is 24.4 Å². The van der Waals surface area contributed by atoms with Gasteiger partial charge in [-0.25, -0.2) is 4.98 Å². The summed E-state index contributed by atoms with van der Waals surface area (Å²) in [4.78, 5) is 27.3. The van der Waals surface area contributed by atoms with Crippen LogP contribution in [0.15, 0.2) is 120 Å². The highest BCUT2D eigenvalue weighted by atomic mass is 35.5. The number of nitrogens with zero attached hydrogens (tertiary/aromatic N) is 7. The van der Waals surface area contributed by atoms with Gasteiger partial charge in [0.2, 0.25) is 0 Å². The molecule has 4 heterocycles. The number of aromatic nitrogens is 4. The van der Waals surface area contributed by atoms with Crippen LogP contribution in [0.1, 0.15) is 24.0 Å². The first-order valence-electron chi connectivity index (χ1n) is 19.3. The lowest BCUT2D eigenvalue weighted by Gasteiger charge is -2.31. The number of piperidine rings is 1. The van der Waals surface area contributed by atoms with Crippen molar-refractivity contribution < 1.29 is 14.4 Å². The van der Waals surface area contributed by atoms with Crippen molar-refractivity contribution in [3.8, 4) is 23.1 Å². The third-order valence-electron chi connectivity index (χ3n) is 10.8. The number of anilines is 2. The molecule has 12 nitrogen and oxygen atoms in total. The van der Waals surface area contributed by atoms with Gasteiger partial charge in [-0.2, -0.15) is 0 Å². The van der Waals surface area contributed by atoms with Gasteiger partial charge < -0.3 is 29.5 Å². The van der Waals surface area contributed by atoms with E-state index in [1.807, 2.05) is 66.7 Å². The molecule has 3 aliphatic heterocycles. The molecule has 0 bridgehead atoms. The third kappa shape index (κ3) is 8.41. The van der Waals surface area contributed by atoms with Crippen LogP contribution in [0.25, 0.3) is 28.1 Å². The van der Waals surface area contributed by atoms with Crippen LogP contribution in [0.4, 0.5) is 17.2 Å². The van der Waals surface area contributed by atoms with Crippen molar-refractivity contribution in [2.45, 2.75) is 38.6 Å². The lowest BCUT2D eigenvalue weighted by atomic mass is 9.96. The number of ether oxygens (including phenoxy) is 2. The summed E-state index contributed by atoms with van der Waals surface area (Å²) in [7, 11) is 0. The number of hydrogen-bond acceptors (Lipinski definition) is 9. The molecule has 58 heavy (non-hydrogen) atoms. The van der Waals surface area contributed by atoms with Crippen molar-refractivity contribution in [1.29, 1.82) is 0 Å². The normalized spacial score (nSPS) is 16.4. The number of halogens is 2. The number of para-hydroxylation sites is 2. The van der Waals surface area contributed by atoms with Gasteiger partial charge in [0.1, 0.15) is 18.9 Å². The average Bonchev–Trinajstić information content (AvgIpc) is 3.68. The summed E-state index contributed by atoms with van der Waals surface area (Å²) in [6.07, 6.45) is 3.29. The molecule has 1 aromatic heterocycles. The number of benzene rings is 5. The quantitative estimate of drug-likeness (QED) is 0.0780. The Morgan fingerprint density at radius 3 is 2.38 bits per heavy atom. The van der Waals surface area contributed by atoms with Crippen molar-refractivity contribution >= 4 is 51.4 Å². The average molecular weight is 816 g/mol. The van der Waals surface area contributed by atoms with Crippen molar-refractivity contribution in [2.75, 3.05) is 31.6 Å². The van der Waals surface area contributed by atoms with Crippen molar-refractivity contribution in [3.05, 3.63) is 152 Å². The summed E-state index contributed by atoms with van der Waals surface area (Å²) >= 11 is 12.5. The van der Waals surface area contributed by atoms with Gasteiger partial charge in [-0.3, -0.25) is 14.5 Å². The van der Waals surface area contributed by atoms with Gasteiger partial charge in [0.25, 0.3) is 0 Å². The molecule has 0 radical (unpaired) electrons. The van der Waals surface area contributed by atoms with E-state index in [1.54, 1.807) is 4.57 Å². The van der Waals surface area contributed by atoms with Gasteiger partial charge in [-0.15, -0.1) is 0 Å². The minimum absolute atomic E-state index is 0.218. The number of rotatable bonds is 11. The van der Waals surface area contributed by atoms with Crippen LogP contribution in [0.3, 0.4) is 0 Å². The predicted molar refractivity (Wildman–Crippen MR) is 225 cm³/mol. The van der Waals surface area contributed by atoms with E-state index in [2.05, 4.69) is 62.2 Å². The Balaban J connectivity index is 0.877. The highest BCUT2D eigenvalue weighted by Crippen LogP contribution is 2.31. The molecule has 1 saturated heterocycles. The molecule has 14 heteroatoms. The second-order valence-corrected chi connectivity index (χ2v) is 15.7. The molecular formula is C44H40Cl2N8O4. The molecule has 4 aromatic carbocycles. The maximum Gasteiger partial charge on any atom is 0.414 e. The fourth-order valence-corrected chi connectivity index (χ4v) is 7.91. The Hall–Kier alpha value is -5.79. The standard InChI is InChI=1S/C44H40Cl2N8O4/c45-32-9-13-34(14-10-32)48-39-21-40-42(53(35-15-11-33(46)12-16-35)41-4-2-1-3-37(41)49-40)22-38(39)47-23-29-17-19-51(20-18-29)24-30-5-7-31(8-6-30)27-57-36-25-52-26-43(54(55)56)50-44(52)58-28-36/h1-16,21-22,26,29,36,48H,17-20,23-25,27-28H2/t36-/m0/s1. The van der Waals surface area contributed by atoms with Crippen molar-refractivity contribution in [2.24, 2.45) is 10.9 Å². The molecule has 0 spiro atoms. The number of hydrogen-bond donors (Lipinski definition) is 1. The second kappa shape index (κ2) is 16.6. The molecule has 1 fully saturated rings. The van der Waals surface area contributed by atoms with Gasteiger partial charge in [0.05, 0.1) is 46.6 Å². The zero-order valence-electron chi connectivity index (χ0n) is 31.5. The highest BCUT2D eigenvalue weighted by molar-refractivity contribution is 6.30. The summed E-state index contributed by atoms with van der Waals surface area (Å²) in [5, 5.41) is 16.9. The summed E-state index contributed by atoms with van der Waals surface area (Å²) in [5.41, 5.74) is 8.81. The van der Waals surface area contributed by atoms with Crippen LogP contribution in [0, 0.1) is 16.0 Å². The Bertz CT molecular complexity index is 2600. The molecule has 1 N–H and O–H groups in total. The van der Waals surface area contributed by atoms with Crippen molar-refractivity contribution in [1.82, 2.24) is 24.0 Å². The van der Waals surface area contributed by atoms with Gasteiger partial charge >= 0.3 is 11.8 Å². The molecule has 9 rings (SSSR count). The number of nitro groups is 1. The summed E-state index contributed by atoms with van der Waals surface area (Å²) in [5.74, 6) is 0.237. The summed E-state index contributed by atoms with van der Waals surface area (Å²) in [6, 6.07) is 36.8. The molecule has 4 aliphatic rings. The van der Waals surface area contributed by atoms with E-state index in [4.69, 9.17) is 42.7 Å². The molecule has 0 saturated carbocycles. The van der Waals surface area contributed by atoms with Gasteiger partial charge in [0, 0.05) is 39.5 Å². The smallest absolute Gasteiger partial charge is 0.414 e. The first kappa shape index (κ1) is 37.8. The Morgan fingerprint density at radius 2 is 1.62 bits per heavy atom. The van der Waals surface area contributed by atoms with Crippen molar-refractivity contribution in [3.63, 3.8) is 0 Å². The molecule has 1 atom stereocenters. The molecular weight excluding hydrogens is 775 g/mol. The van der Waals surface area contributed by atoms with Crippen LogP contribution < -0.4 is 15.4 Å².